The minimum absolute atomic E-state index is 0.0246. The zero-order valence-corrected chi connectivity index (χ0v) is 26.5. The lowest BCUT2D eigenvalue weighted by Gasteiger charge is -2.49. The van der Waals surface area contributed by atoms with Crippen LogP contribution in [0.5, 0.6) is 0 Å². The molecule has 2 aliphatic heterocycles. The Kier molecular flexibility index (Phi) is 9.10. The fourth-order valence-corrected chi connectivity index (χ4v) is 10.6. The second kappa shape index (κ2) is 12.3. The molecular formula is C35H57NO5. The average Bonchev–Trinajstić information content (AvgIpc) is 3.40. The molecule has 41 heavy (non-hydrogen) atoms. The van der Waals surface area contributed by atoms with Gasteiger partial charge in [0, 0.05) is 32.2 Å². The van der Waals surface area contributed by atoms with Crippen molar-refractivity contribution < 1.29 is 24.1 Å². The Morgan fingerprint density at radius 3 is 2.63 bits per heavy atom. The molecule has 6 rings (SSSR count). The summed E-state index contributed by atoms with van der Waals surface area (Å²) in [4.78, 5) is 2.71. The second-order valence-electron chi connectivity index (χ2n) is 14.9. The molecule has 6 aliphatic rings. The average molecular weight is 572 g/mol. The van der Waals surface area contributed by atoms with Gasteiger partial charge in [-0.1, -0.05) is 43.6 Å². The lowest BCUT2D eigenvalue weighted by Crippen LogP contribution is -2.52. The molecule has 1 N–H and O–H groups in total. The van der Waals surface area contributed by atoms with E-state index in [2.05, 4.69) is 38.7 Å². The van der Waals surface area contributed by atoms with Crippen molar-refractivity contribution >= 4 is 0 Å². The number of allylic oxidation sites excluding steroid dienone is 2. The molecule has 0 radical (unpaired) electrons. The van der Waals surface area contributed by atoms with E-state index in [0.717, 1.165) is 56.7 Å². The van der Waals surface area contributed by atoms with Crippen LogP contribution in [-0.2, 0) is 18.9 Å². The first kappa shape index (κ1) is 30.3. The van der Waals surface area contributed by atoms with Crippen molar-refractivity contribution in [1.82, 2.24) is 4.90 Å². The standard InChI is InChI=1S/C35H57NO5/c1-23-18-32-33(36(22-23)12-13-39-16-17-40-15-14-38-5)25(3)35(41-32)11-9-28-29-7-6-26-19-27(37)8-10-34(26,4)31(29)20-30(28)24(2)21-35/h19,23,25,27-29,31-33,37H,6-18,20-22H2,1-5H3/t23-,25+,27-,28-,29-,31-,32+,33-,34?,35-/m0/s1. The first-order valence-corrected chi connectivity index (χ1v) is 16.9. The van der Waals surface area contributed by atoms with E-state index in [9.17, 15) is 5.11 Å². The summed E-state index contributed by atoms with van der Waals surface area (Å²) in [6.45, 7) is 15.3. The van der Waals surface area contributed by atoms with Crippen LogP contribution in [0.4, 0.5) is 0 Å². The Morgan fingerprint density at radius 2 is 1.83 bits per heavy atom. The predicted octanol–water partition coefficient (Wildman–Crippen LogP) is 5.78. The molecule has 0 aromatic heterocycles. The van der Waals surface area contributed by atoms with Crippen molar-refractivity contribution in [2.45, 2.75) is 109 Å². The number of methoxy groups -OCH3 is 1. The quantitative estimate of drug-likeness (QED) is 0.280. The largest absolute Gasteiger partial charge is 0.389 e. The number of likely N-dealkylation sites (tertiary alicyclic amines) is 1. The fraction of sp³-hybridized carbons (Fsp3) is 0.886. The van der Waals surface area contributed by atoms with Crippen molar-refractivity contribution in [1.29, 1.82) is 0 Å². The molecule has 0 amide bonds. The number of hydrogen-bond acceptors (Lipinski definition) is 6. The van der Waals surface area contributed by atoms with E-state index >= 15 is 0 Å². The number of fused-ring (bicyclic) bond motifs is 6. The Morgan fingerprint density at radius 1 is 1.05 bits per heavy atom. The highest BCUT2D eigenvalue weighted by atomic mass is 16.5. The zero-order valence-electron chi connectivity index (χ0n) is 26.5. The van der Waals surface area contributed by atoms with Gasteiger partial charge in [0.1, 0.15) is 0 Å². The molecule has 6 heteroatoms. The Labute approximate surface area is 249 Å². The fourth-order valence-electron chi connectivity index (χ4n) is 10.6. The van der Waals surface area contributed by atoms with E-state index < -0.39 is 0 Å². The summed E-state index contributed by atoms with van der Waals surface area (Å²) in [5.41, 5.74) is 5.28. The first-order valence-electron chi connectivity index (χ1n) is 16.9. The summed E-state index contributed by atoms with van der Waals surface area (Å²) < 4.78 is 23.9. The van der Waals surface area contributed by atoms with E-state index in [-0.39, 0.29) is 11.7 Å². The van der Waals surface area contributed by atoms with Crippen LogP contribution in [0, 0.1) is 35.0 Å². The van der Waals surface area contributed by atoms with Crippen LogP contribution in [0.1, 0.15) is 85.5 Å². The van der Waals surface area contributed by atoms with Gasteiger partial charge in [-0.3, -0.25) is 4.90 Å². The van der Waals surface area contributed by atoms with Gasteiger partial charge in [0.05, 0.1) is 50.8 Å². The number of ether oxygens (including phenoxy) is 4. The van der Waals surface area contributed by atoms with Gasteiger partial charge in [0.2, 0.25) is 0 Å². The van der Waals surface area contributed by atoms with Gasteiger partial charge in [-0.2, -0.15) is 0 Å². The van der Waals surface area contributed by atoms with Crippen LogP contribution in [0.15, 0.2) is 22.8 Å². The number of aliphatic hydroxyl groups excluding tert-OH is 1. The monoisotopic (exact) mass is 571 g/mol. The van der Waals surface area contributed by atoms with Gasteiger partial charge in [-0.05, 0) is 93.8 Å². The van der Waals surface area contributed by atoms with Crippen LogP contribution in [0.2, 0.25) is 0 Å². The van der Waals surface area contributed by atoms with Gasteiger partial charge >= 0.3 is 0 Å². The highest BCUT2D eigenvalue weighted by Crippen LogP contribution is 2.64. The van der Waals surface area contributed by atoms with Gasteiger partial charge in [0.15, 0.2) is 0 Å². The molecule has 4 aliphatic carbocycles. The normalized spacial score (nSPS) is 44.3. The second-order valence-corrected chi connectivity index (χ2v) is 14.9. The third-order valence-electron chi connectivity index (χ3n) is 12.6. The van der Waals surface area contributed by atoms with Crippen LogP contribution in [0.3, 0.4) is 0 Å². The lowest BCUT2D eigenvalue weighted by molar-refractivity contribution is -0.0807. The minimum atomic E-state index is -0.221. The molecule has 0 aromatic carbocycles. The van der Waals surface area contributed by atoms with E-state index in [0.29, 0.717) is 55.8 Å². The van der Waals surface area contributed by atoms with Crippen molar-refractivity contribution in [3.05, 3.63) is 22.8 Å². The van der Waals surface area contributed by atoms with Gasteiger partial charge in [-0.15, -0.1) is 0 Å². The maximum Gasteiger partial charge on any atom is 0.0765 e. The summed E-state index contributed by atoms with van der Waals surface area (Å²) in [7, 11) is 1.70. The molecule has 4 fully saturated rings. The molecule has 1 unspecified atom stereocenters. The summed E-state index contributed by atoms with van der Waals surface area (Å²) in [5.74, 6) is 3.47. The molecule has 6 nitrogen and oxygen atoms in total. The zero-order chi connectivity index (χ0) is 28.8. The van der Waals surface area contributed by atoms with Crippen LogP contribution in [-0.4, -0.2) is 87.1 Å². The topological polar surface area (TPSA) is 60.4 Å². The van der Waals surface area contributed by atoms with E-state index in [1.807, 2.05) is 0 Å². The summed E-state index contributed by atoms with van der Waals surface area (Å²) >= 11 is 0. The van der Waals surface area contributed by atoms with Crippen molar-refractivity contribution in [3.63, 3.8) is 0 Å². The van der Waals surface area contributed by atoms with E-state index in [1.165, 1.54) is 38.5 Å². The highest BCUT2D eigenvalue weighted by molar-refractivity contribution is 5.33. The number of hydrogen-bond donors (Lipinski definition) is 1. The van der Waals surface area contributed by atoms with Crippen LogP contribution >= 0.6 is 0 Å². The number of piperidine rings is 1. The molecule has 2 heterocycles. The maximum atomic E-state index is 10.3. The minimum Gasteiger partial charge on any atom is -0.389 e. The van der Waals surface area contributed by atoms with Gasteiger partial charge in [-0.25, -0.2) is 0 Å². The molecule has 2 saturated carbocycles. The SMILES string of the molecule is COCCOCCOCCN1C[C@@H](C)C[C@H]2O[C@]3(CC[C@@H]4C(=C(C)C3)C[C@H]3[C@H]4CCC4=C[C@@H](O)CCC43C)[C@H](C)[C@@H]21. The highest BCUT2D eigenvalue weighted by Gasteiger charge is 2.59. The van der Waals surface area contributed by atoms with E-state index in [1.54, 1.807) is 23.8 Å². The number of rotatable bonds is 9. The predicted molar refractivity (Wildman–Crippen MR) is 162 cm³/mol. The number of aliphatic hydroxyl groups is 1. The molecule has 0 aromatic rings. The van der Waals surface area contributed by atoms with Crippen molar-refractivity contribution in [2.75, 3.05) is 53.2 Å². The molecule has 10 atom stereocenters. The van der Waals surface area contributed by atoms with Gasteiger partial charge < -0.3 is 24.1 Å². The Hall–Kier alpha value is -0.760. The molecule has 2 saturated heterocycles. The van der Waals surface area contributed by atoms with Crippen molar-refractivity contribution in [2.24, 2.45) is 35.0 Å². The molecule has 232 valence electrons. The summed E-state index contributed by atoms with van der Waals surface area (Å²) in [6, 6.07) is 0.492. The third kappa shape index (κ3) is 5.64. The molecular weight excluding hydrogens is 514 g/mol. The molecule has 0 bridgehead atoms. The maximum absolute atomic E-state index is 10.3. The molecule has 1 spiro atoms. The van der Waals surface area contributed by atoms with Gasteiger partial charge in [0.25, 0.3) is 0 Å². The smallest absolute Gasteiger partial charge is 0.0765 e. The van der Waals surface area contributed by atoms with E-state index in [4.69, 9.17) is 18.9 Å². The Balaban J connectivity index is 1.13. The van der Waals surface area contributed by atoms with Crippen LogP contribution in [0.25, 0.3) is 0 Å². The first-order chi connectivity index (χ1) is 19.8. The Bertz CT molecular complexity index is 995. The number of nitrogens with zero attached hydrogens (tertiary/aromatic N) is 1. The summed E-state index contributed by atoms with van der Waals surface area (Å²) in [6.07, 6.45) is 13.0. The van der Waals surface area contributed by atoms with Crippen molar-refractivity contribution in [3.8, 4) is 0 Å². The third-order valence-corrected chi connectivity index (χ3v) is 12.6. The lowest BCUT2D eigenvalue weighted by atomic mass is 9.56. The summed E-state index contributed by atoms with van der Waals surface area (Å²) in [5, 5.41) is 10.3. The van der Waals surface area contributed by atoms with Crippen LogP contribution < -0.4 is 0 Å².